The van der Waals surface area contributed by atoms with Crippen LogP contribution in [0.5, 0.6) is 0 Å². The molecule has 0 saturated carbocycles. The fourth-order valence-corrected chi connectivity index (χ4v) is 5.13. The summed E-state index contributed by atoms with van der Waals surface area (Å²) in [6.45, 7) is 0. The third-order valence-electron chi connectivity index (χ3n) is 6.67. The molecular weight excluding hydrogens is 386 g/mol. The summed E-state index contributed by atoms with van der Waals surface area (Å²) in [6.07, 6.45) is 1.88. The van der Waals surface area contributed by atoms with Crippen LogP contribution in [-0.2, 0) is 0 Å². The van der Waals surface area contributed by atoms with Crippen molar-refractivity contribution in [2.45, 2.75) is 0 Å². The average molecular weight is 406 g/mol. The maximum atomic E-state index is 4.67. The van der Waals surface area contributed by atoms with E-state index in [0.717, 1.165) is 5.52 Å². The van der Waals surface area contributed by atoms with E-state index in [1.807, 2.05) is 12.3 Å². The summed E-state index contributed by atoms with van der Waals surface area (Å²) in [5, 5.41) is 11.4. The Kier molecular flexibility index (Phi) is 3.62. The molecule has 0 N–H and O–H groups in total. The molecule has 0 aliphatic carbocycles. The molecule has 0 bridgehead atoms. The third kappa shape index (κ3) is 2.48. The third-order valence-corrected chi connectivity index (χ3v) is 6.67. The van der Waals surface area contributed by atoms with E-state index in [4.69, 9.17) is 0 Å². The summed E-state index contributed by atoms with van der Waals surface area (Å²) in [6, 6.07) is 39.5. The Morgan fingerprint density at radius 3 is 1.62 bits per heavy atom. The van der Waals surface area contributed by atoms with Gasteiger partial charge in [-0.15, -0.1) is 0 Å². The number of fused-ring (bicyclic) bond motifs is 9. The van der Waals surface area contributed by atoms with Crippen molar-refractivity contribution in [3.05, 3.63) is 115 Å². The Balaban J connectivity index is 1.54. The Labute approximate surface area is 185 Å². The topological polar surface area (TPSA) is 12.9 Å². The lowest BCUT2D eigenvalue weighted by molar-refractivity contribution is 1.43. The maximum Gasteiger partial charge on any atom is 0.0780 e. The Morgan fingerprint density at radius 2 is 0.906 bits per heavy atom. The quantitative estimate of drug-likeness (QED) is 0.249. The molecule has 1 heterocycles. The van der Waals surface area contributed by atoms with E-state index in [0.29, 0.717) is 0 Å². The van der Waals surface area contributed by atoms with E-state index in [9.17, 15) is 0 Å². The molecule has 1 aromatic heterocycles. The van der Waals surface area contributed by atoms with Crippen LogP contribution in [0.2, 0.25) is 0 Å². The normalized spacial score (nSPS) is 11.8. The largest absolute Gasteiger partial charge is 0.256 e. The second kappa shape index (κ2) is 6.63. The first-order valence-corrected chi connectivity index (χ1v) is 11.0. The molecule has 0 saturated heterocycles. The Bertz CT molecular complexity index is 1790. The van der Waals surface area contributed by atoms with Crippen molar-refractivity contribution in [3.8, 4) is 11.1 Å². The minimum absolute atomic E-state index is 1.06. The van der Waals surface area contributed by atoms with Gasteiger partial charge in [0.05, 0.1) is 5.52 Å². The zero-order valence-electron chi connectivity index (χ0n) is 17.4. The number of rotatable bonds is 1. The number of aromatic nitrogens is 1. The van der Waals surface area contributed by atoms with Crippen LogP contribution in [0.1, 0.15) is 0 Å². The molecule has 1 nitrogen and oxygen atoms in total. The van der Waals surface area contributed by atoms with Crippen LogP contribution in [0.25, 0.3) is 65.1 Å². The SMILES string of the molecule is c1cnc2c(c1)ccc1ccc(-c3ccc4c5ccccc5c5ccccc5c4c3)cc12. The highest BCUT2D eigenvalue weighted by molar-refractivity contribution is 6.25. The van der Waals surface area contributed by atoms with Crippen molar-refractivity contribution in [2.75, 3.05) is 0 Å². The van der Waals surface area contributed by atoms with Gasteiger partial charge in [-0.1, -0.05) is 91.0 Å². The van der Waals surface area contributed by atoms with E-state index >= 15 is 0 Å². The molecule has 0 amide bonds. The van der Waals surface area contributed by atoms with Gasteiger partial charge in [-0.2, -0.15) is 0 Å². The summed E-state index contributed by atoms with van der Waals surface area (Å²) < 4.78 is 0. The molecule has 0 radical (unpaired) electrons. The lowest BCUT2D eigenvalue weighted by Crippen LogP contribution is -1.86. The molecule has 7 aromatic rings. The highest BCUT2D eigenvalue weighted by Crippen LogP contribution is 2.37. The molecule has 32 heavy (non-hydrogen) atoms. The fraction of sp³-hybridized carbons (Fsp3) is 0. The highest BCUT2D eigenvalue weighted by atomic mass is 14.6. The second-order valence-electron chi connectivity index (χ2n) is 8.43. The van der Waals surface area contributed by atoms with Crippen molar-refractivity contribution in [1.29, 1.82) is 0 Å². The minimum Gasteiger partial charge on any atom is -0.256 e. The summed E-state index contributed by atoms with van der Waals surface area (Å²) in [5.41, 5.74) is 3.51. The lowest BCUT2D eigenvalue weighted by Gasteiger charge is -2.12. The van der Waals surface area contributed by atoms with Gasteiger partial charge < -0.3 is 0 Å². The number of nitrogens with zero attached hydrogens (tertiary/aromatic N) is 1. The number of hydrogen-bond acceptors (Lipinski definition) is 1. The van der Waals surface area contributed by atoms with Crippen molar-refractivity contribution >= 4 is 54.0 Å². The van der Waals surface area contributed by atoms with Gasteiger partial charge in [-0.05, 0) is 67.0 Å². The first kappa shape index (κ1) is 17.5. The molecule has 7 rings (SSSR count). The monoisotopic (exact) mass is 405 g/mol. The Morgan fingerprint density at radius 1 is 0.375 bits per heavy atom. The molecule has 0 fully saturated rings. The van der Waals surface area contributed by atoms with E-state index in [1.165, 1.54) is 59.6 Å². The van der Waals surface area contributed by atoms with Gasteiger partial charge in [0, 0.05) is 17.0 Å². The lowest BCUT2D eigenvalue weighted by atomic mass is 9.91. The maximum absolute atomic E-state index is 4.67. The standard InChI is InChI=1S/C31H19N/c1-2-9-26-24(7-1)25-8-3-4-10-27(25)30-19-23(15-16-28(26)30)22-14-12-20-11-13-21-6-5-17-32-31(21)29(20)18-22/h1-19H. The van der Waals surface area contributed by atoms with Crippen LogP contribution in [-0.4, -0.2) is 4.98 Å². The van der Waals surface area contributed by atoms with Gasteiger partial charge >= 0.3 is 0 Å². The fourth-order valence-electron chi connectivity index (χ4n) is 5.13. The van der Waals surface area contributed by atoms with Crippen LogP contribution in [0.4, 0.5) is 0 Å². The molecule has 0 spiro atoms. The van der Waals surface area contributed by atoms with Crippen LogP contribution < -0.4 is 0 Å². The highest BCUT2D eigenvalue weighted by Gasteiger charge is 2.10. The van der Waals surface area contributed by atoms with Gasteiger partial charge in [-0.3, -0.25) is 4.98 Å². The molecular formula is C31H19N. The van der Waals surface area contributed by atoms with Gasteiger partial charge in [0.25, 0.3) is 0 Å². The van der Waals surface area contributed by atoms with Gasteiger partial charge in [0.15, 0.2) is 0 Å². The predicted molar refractivity (Wildman–Crippen MR) is 137 cm³/mol. The number of hydrogen-bond donors (Lipinski definition) is 0. The summed E-state index contributed by atoms with van der Waals surface area (Å²) in [7, 11) is 0. The summed E-state index contributed by atoms with van der Waals surface area (Å²) in [5.74, 6) is 0. The van der Waals surface area contributed by atoms with Crippen LogP contribution in [0.3, 0.4) is 0 Å². The Hall–Kier alpha value is -4.23. The van der Waals surface area contributed by atoms with E-state index in [1.54, 1.807) is 0 Å². The molecule has 0 aliphatic rings. The first-order chi connectivity index (χ1) is 15.9. The number of benzene rings is 6. The zero-order chi connectivity index (χ0) is 21.1. The van der Waals surface area contributed by atoms with E-state index in [-0.39, 0.29) is 0 Å². The van der Waals surface area contributed by atoms with E-state index < -0.39 is 0 Å². The number of pyridine rings is 1. The molecule has 148 valence electrons. The average Bonchev–Trinajstić information content (AvgIpc) is 2.88. The molecule has 0 atom stereocenters. The first-order valence-electron chi connectivity index (χ1n) is 11.0. The van der Waals surface area contributed by atoms with Crippen molar-refractivity contribution < 1.29 is 0 Å². The molecule has 0 aliphatic heterocycles. The minimum atomic E-state index is 1.06. The van der Waals surface area contributed by atoms with Crippen LogP contribution >= 0.6 is 0 Å². The van der Waals surface area contributed by atoms with Crippen LogP contribution in [0.15, 0.2) is 115 Å². The molecule has 0 unspecified atom stereocenters. The predicted octanol–water partition coefficient (Wildman–Crippen LogP) is 8.51. The van der Waals surface area contributed by atoms with Crippen molar-refractivity contribution in [2.24, 2.45) is 0 Å². The van der Waals surface area contributed by atoms with Gasteiger partial charge in [-0.25, -0.2) is 0 Å². The van der Waals surface area contributed by atoms with Crippen LogP contribution in [0, 0.1) is 0 Å². The molecule has 6 aromatic carbocycles. The van der Waals surface area contributed by atoms with E-state index in [2.05, 4.69) is 108 Å². The summed E-state index contributed by atoms with van der Waals surface area (Å²) in [4.78, 5) is 4.67. The van der Waals surface area contributed by atoms with Crippen molar-refractivity contribution in [1.82, 2.24) is 4.98 Å². The second-order valence-corrected chi connectivity index (χ2v) is 8.43. The smallest absolute Gasteiger partial charge is 0.0780 e. The zero-order valence-corrected chi connectivity index (χ0v) is 17.4. The summed E-state index contributed by atoms with van der Waals surface area (Å²) >= 11 is 0. The van der Waals surface area contributed by atoms with Gasteiger partial charge in [0.2, 0.25) is 0 Å². The van der Waals surface area contributed by atoms with Gasteiger partial charge in [0.1, 0.15) is 0 Å². The van der Waals surface area contributed by atoms with Crippen molar-refractivity contribution in [3.63, 3.8) is 0 Å². The molecule has 1 heteroatoms.